The molecule has 0 aliphatic carbocycles. The van der Waals surface area contributed by atoms with Crippen molar-refractivity contribution in [2.24, 2.45) is 5.92 Å². The summed E-state index contributed by atoms with van der Waals surface area (Å²) in [4.78, 5) is 20.3. The zero-order valence-corrected chi connectivity index (χ0v) is 21.6. The Labute approximate surface area is 217 Å². The van der Waals surface area contributed by atoms with Gasteiger partial charge in [-0.25, -0.2) is 0 Å². The van der Waals surface area contributed by atoms with Gasteiger partial charge in [0.15, 0.2) is 0 Å². The summed E-state index contributed by atoms with van der Waals surface area (Å²) in [5.74, 6) is 0.457. The van der Waals surface area contributed by atoms with Gasteiger partial charge in [-0.15, -0.1) is 0 Å². The number of rotatable bonds is 9. The van der Waals surface area contributed by atoms with Crippen LogP contribution in [0.2, 0.25) is 0 Å². The van der Waals surface area contributed by atoms with Crippen LogP contribution in [0.4, 0.5) is 13.2 Å². The van der Waals surface area contributed by atoms with Crippen LogP contribution in [-0.2, 0) is 30.1 Å². The molecule has 0 fully saturated rings. The molecule has 2 heterocycles. The summed E-state index contributed by atoms with van der Waals surface area (Å²) in [5.41, 5.74) is 2.43. The summed E-state index contributed by atoms with van der Waals surface area (Å²) >= 11 is 0. The van der Waals surface area contributed by atoms with Crippen LogP contribution in [0.15, 0.2) is 71.8 Å². The number of amides is 1. The lowest BCUT2D eigenvalue weighted by Gasteiger charge is -2.27. The van der Waals surface area contributed by atoms with Gasteiger partial charge in [0.25, 0.3) is 5.91 Å². The van der Waals surface area contributed by atoms with Crippen molar-refractivity contribution < 1.29 is 22.2 Å². The van der Waals surface area contributed by atoms with Gasteiger partial charge in [-0.05, 0) is 53.8 Å². The summed E-state index contributed by atoms with van der Waals surface area (Å²) in [7, 11) is -1.10. The molecule has 2 atom stereocenters. The molecule has 1 N–H and O–H groups in total. The van der Waals surface area contributed by atoms with E-state index < -0.39 is 22.5 Å². The molecule has 0 spiro atoms. The smallest absolute Gasteiger partial charge is 0.352 e. The van der Waals surface area contributed by atoms with E-state index in [1.807, 2.05) is 36.4 Å². The maximum atomic E-state index is 12.9. The molecule has 1 aliphatic heterocycles. The highest BCUT2D eigenvalue weighted by Crippen LogP contribution is 2.39. The second-order valence-corrected chi connectivity index (χ2v) is 11.1. The van der Waals surface area contributed by atoms with Crippen molar-refractivity contribution in [1.29, 1.82) is 0 Å². The van der Waals surface area contributed by atoms with Crippen LogP contribution in [0, 0.1) is 5.92 Å². The lowest BCUT2D eigenvalue weighted by Crippen LogP contribution is -2.26. The molecule has 0 saturated heterocycles. The van der Waals surface area contributed by atoms with Crippen molar-refractivity contribution in [3.8, 4) is 0 Å². The number of alkyl halides is 3. The van der Waals surface area contributed by atoms with Crippen molar-refractivity contribution in [1.82, 2.24) is 15.2 Å². The number of nitrogens with one attached hydrogen (secondary N) is 1. The fourth-order valence-corrected chi connectivity index (χ4v) is 5.75. The van der Waals surface area contributed by atoms with Crippen LogP contribution in [0.5, 0.6) is 0 Å². The third kappa shape index (κ3) is 6.64. The van der Waals surface area contributed by atoms with E-state index in [4.69, 9.17) is 0 Å². The summed E-state index contributed by atoms with van der Waals surface area (Å²) in [6, 6.07) is 16.3. The first-order valence-corrected chi connectivity index (χ1v) is 13.6. The molecule has 1 amide bonds. The van der Waals surface area contributed by atoms with E-state index in [1.54, 1.807) is 6.20 Å². The van der Waals surface area contributed by atoms with Gasteiger partial charge in [-0.3, -0.25) is 18.9 Å². The maximum Gasteiger partial charge on any atom is 0.416 e. The number of fused-ring (bicyclic) bond motifs is 1. The lowest BCUT2D eigenvalue weighted by molar-refractivity contribution is -0.137. The quantitative estimate of drug-likeness (QED) is 0.359. The number of hydrogen-bond acceptors (Lipinski definition) is 4. The molecule has 196 valence electrons. The topological polar surface area (TPSA) is 62.3 Å². The minimum Gasteiger partial charge on any atom is -0.352 e. The first kappa shape index (κ1) is 27.0. The second-order valence-electron chi connectivity index (χ2n) is 9.53. The molecule has 37 heavy (non-hydrogen) atoms. The molecule has 3 aromatic rings. The lowest BCUT2D eigenvalue weighted by atomic mass is 9.99. The number of benzene rings is 2. The van der Waals surface area contributed by atoms with Gasteiger partial charge in [0, 0.05) is 36.5 Å². The highest BCUT2D eigenvalue weighted by Gasteiger charge is 2.35. The van der Waals surface area contributed by atoms with Crippen molar-refractivity contribution >= 4 is 16.7 Å². The molecule has 2 unspecified atom stereocenters. The van der Waals surface area contributed by atoms with E-state index in [0.717, 1.165) is 33.8 Å². The van der Waals surface area contributed by atoms with E-state index in [2.05, 4.69) is 29.0 Å². The van der Waals surface area contributed by atoms with Gasteiger partial charge in [0.2, 0.25) is 0 Å². The average Bonchev–Trinajstić information content (AvgIpc) is 3.24. The predicted molar refractivity (Wildman–Crippen MR) is 137 cm³/mol. The average molecular weight is 530 g/mol. The van der Waals surface area contributed by atoms with Crippen LogP contribution >= 0.6 is 0 Å². The fraction of sp³-hybridized carbons (Fsp3) is 0.357. The van der Waals surface area contributed by atoms with E-state index in [0.29, 0.717) is 37.4 Å². The monoisotopic (exact) mass is 529 g/mol. The number of nitrogens with zero attached hydrogens (tertiary/aromatic N) is 2. The zero-order chi connectivity index (χ0) is 26.6. The first-order valence-electron chi connectivity index (χ1n) is 12.2. The molecule has 9 heteroatoms. The van der Waals surface area contributed by atoms with Crippen molar-refractivity contribution in [2.45, 2.75) is 50.5 Å². The van der Waals surface area contributed by atoms with Gasteiger partial charge in [-0.1, -0.05) is 44.2 Å². The Kier molecular flexibility index (Phi) is 8.44. The molecular formula is C28H30F3N3O2S. The van der Waals surface area contributed by atoms with Crippen molar-refractivity contribution in [3.05, 3.63) is 94.8 Å². The Morgan fingerprint density at radius 1 is 1.14 bits per heavy atom. The third-order valence-electron chi connectivity index (χ3n) is 6.41. The molecule has 4 rings (SSSR count). The highest BCUT2D eigenvalue weighted by atomic mass is 32.2. The van der Waals surface area contributed by atoms with E-state index in [9.17, 15) is 22.2 Å². The fourth-order valence-electron chi connectivity index (χ4n) is 4.65. The maximum absolute atomic E-state index is 12.9. The predicted octanol–water partition coefficient (Wildman–Crippen LogP) is 5.74. The van der Waals surface area contributed by atoms with Gasteiger partial charge in [0.1, 0.15) is 0 Å². The number of pyridine rings is 1. The van der Waals surface area contributed by atoms with Crippen molar-refractivity contribution in [3.63, 3.8) is 0 Å². The second kappa shape index (κ2) is 11.6. The number of aromatic nitrogens is 1. The van der Waals surface area contributed by atoms with Gasteiger partial charge in [0.05, 0.1) is 33.7 Å². The summed E-state index contributed by atoms with van der Waals surface area (Å²) in [5, 5.41) is 2.88. The first-order chi connectivity index (χ1) is 17.6. The highest BCUT2D eigenvalue weighted by molar-refractivity contribution is 7.85. The number of hydrogen-bond donors (Lipinski definition) is 1. The minimum absolute atomic E-state index is 0.00219. The Morgan fingerprint density at radius 3 is 2.49 bits per heavy atom. The molecule has 0 bridgehead atoms. The Bertz CT molecular complexity index is 1250. The van der Waals surface area contributed by atoms with Crippen LogP contribution in [-0.4, -0.2) is 32.3 Å². The SMILES string of the molecule is CC(C)C1c2ncc(C(=O)NCCCS(=O)c3ccccc3)cc2CN1Cc1ccc(C(F)(F)F)cc1. The summed E-state index contributed by atoms with van der Waals surface area (Å²) < 4.78 is 51.1. The van der Waals surface area contributed by atoms with Crippen LogP contribution < -0.4 is 5.32 Å². The minimum atomic E-state index is -4.36. The molecule has 1 aliphatic rings. The molecule has 0 radical (unpaired) electrons. The number of carbonyl (C=O) groups is 1. The standard InChI is InChI=1S/C28H30F3N3O2S/c1-19(2)26-25-22(18-34(26)17-20-9-11-23(12-10-20)28(29,30)31)15-21(16-33-25)27(35)32-13-6-14-37(36)24-7-4-3-5-8-24/h3-5,7-12,15-16,19,26H,6,13-14,17-18H2,1-2H3,(H,32,35). The summed E-state index contributed by atoms with van der Waals surface area (Å²) in [6.45, 7) is 5.62. The molecule has 0 saturated carbocycles. The number of carbonyl (C=O) groups excluding carboxylic acids is 1. The molecule has 1 aromatic heterocycles. The zero-order valence-electron chi connectivity index (χ0n) is 20.8. The molecule has 2 aromatic carbocycles. The van der Waals surface area contributed by atoms with Gasteiger partial charge in [-0.2, -0.15) is 13.2 Å². The Hall–Kier alpha value is -3.04. The van der Waals surface area contributed by atoms with Gasteiger partial charge < -0.3 is 5.32 Å². The van der Waals surface area contributed by atoms with E-state index in [1.165, 1.54) is 12.1 Å². The molecular weight excluding hydrogens is 499 g/mol. The summed E-state index contributed by atoms with van der Waals surface area (Å²) in [6.07, 6.45) is -2.20. The van der Waals surface area contributed by atoms with Crippen LogP contribution in [0.25, 0.3) is 0 Å². The van der Waals surface area contributed by atoms with Crippen LogP contribution in [0.3, 0.4) is 0 Å². The molecule has 5 nitrogen and oxygen atoms in total. The van der Waals surface area contributed by atoms with E-state index >= 15 is 0 Å². The Morgan fingerprint density at radius 2 is 1.84 bits per heavy atom. The van der Waals surface area contributed by atoms with Crippen molar-refractivity contribution in [2.75, 3.05) is 12.3 Å². The van der Waals surface area contributed by atoms with Gasteiger partial charge >= 0.3 is 6.18 Å². The number of halogens is 3. The third-order valence-corrected chi connectivity index (χ3v) is 7.86. The normalized spacial score (nSPS) is 16.5. The Balaban J connectivity index is 1.37. The van der Waals surface area contributed by atoms with E-state index in [-0.39, 0.29) is 17.9 Å². The largest absolute Gasteiger partial charge is 0.416 e. The van der Waals surface area contributed by atoms with Crippen LogP contribution in [0.1, 0.15) is 59.1 Å².